The molecular formula is C19H23NO3S. The molecule has 0 unspecified atom stereocenters. The van der Waals surface area contributed by atoms with Crippen LogP contribution in [0.25, 0.3) is 10.8 Å². The van der Waals surface area contributed by atoms with Crippen molar-refractivity contribution in [3.05, 3.63) is 48.0 Å². The maximum atomic E-state index is 12.8. The molecule has 1 heterocycles. The summed E-state index contributed by atoms with van der Waals surface area (Å²) in [5.41, 5.74) is 0.973. The van der Waals surface area contributed by atoms with Crippen molar-refractivity contribution in [2.24, 2.45) is 0 Å². The Hall–Kier alpha value is -1.88. The van der Waals surface area contributed by atoms with E-state index in [0.717, 1.165) is 22.8 Å². The molecule has 128 valence electrons. The van der Waals surface area contributed by atoms with Crippen LogP contribution in [0.3, 0.4) is 0 Å². The number of nitrogens with zero attached hydrogens (tertiary/aromatic N) is 1. The minimum Gasteiger partial charge on any atom is -0.338 e. The minimum atomic E-state index is -2.99. The molecule has 2 aromatic rings. The lowest BCUT2D eigenvalue weighted by Crippen LogP contribution is -2.42. The van der Waals surface area contributed by atoms with Gasteiger partial charge < -0.3 is 4.90 Å². The van der Waals surface area contributed by atoms with Gasteiger partial charge in [0, 0.05) is 12.6 Å². The zero-order chi connectivity index (χ0) is 17.2. The topological polar surface area (TPSA) is 54.5 Å². The van der Waals surface area contributed by atoms with Crippen molar-refractivity contribution in [3.63, 3.8) is 0 Å². The third-order valence-corrected chi connectivity index (χ3v) is 6.35. The maximum Gasteiger partial charge on any atom is 0.227 e. The van der Waals surface area contributed by atoms with Crippen LogP contribution in [0.15, 0.2) is 42.5 Å². The fourth-order valence-electron chi connectivity index (χ4n) is 3.40. The van der Waals surface area contributed by atoms with Crippen molar-refractivity contribution in [2.75, 3.05) is 18.1 Å². The van der Waals surface area contributed by atoms with E-state index in [-0.39, 0.29) is 23.5 Å². The number of sulfone groups is 1. The van der Waals surface area contributed by atoms with E-state index in [9.17, 15) is 13.2 Å². The van der Waals surface area contributed by atoms with Gasteiger partial charge in [-0.05, 0) is 29.2 Å². The first-order valence-corrected chi connectivity index (χ1v) is 10.3. The van der Waals surface area contributed by atoms with E-state index in [1.807, 2.05) is 49.4 Å². The zero-order valence-corrected chi connectivity index (χ0v) is 14.8. The van der Waals surface area contributed by atoms with Crippen molar-refractivity contribution in [1.29, 1.82) is 0 Å². The highest BCUT2D eigenvalue weighted by Crippen LogP contribution is 2.21. The summed E-state index contributed by atoms with van der Waals surface area (Å²) in [6.07, 6.45) is 1.72. The predicted molar refractivity (Wildman–Crippen MR) is 96.7 cm³/mol. The van der Waals surface area contributed by atoms with Crippen molar-refractivity contribution >= 4 is 26.5 Å². The van der Waals surface area contributed by atoms with E-state index < -0.39 is 9.84 Å². The van der Waals surface area contributed by atoms with Crippen LogP contribution in [0, 0.1) is 0 Å². The van der Waals surface area contributed by atoms with Gasteiger partial charge in [0.1, 0.15) is 0 Å². The third-order valence-electron chi connectivity index (χ3n) is 4.60. The number of hydrogen-bond acceptors (Lipinski definition) is 3. The van der Waals surface area contributed by atoms with E-state index in [0.29, 0.717) is 19.4 Å². The van der Waals surface area contributed by atoms with Gasteiger partial charge >= 0.3 is 0 Å². The Kier molecular flexibility index (Phi) is 4.90. The summed E-state index contributed by atoms with van der Waals surface area (Å²) in [6.45, 7) is 2.63. The normalized spacial score (nSPS) is 19.5. The molecule has 1 atom stereocenters. The average Bonchev–Trinajstić information content (AvgIpc) is 2.92. The van der Waals surface area contributed by atoms with Gasteiger partial charge in [0.15, 0.2) is 9.84 Å². The van der Waals surface area contributed by atoms with Gasteiger partial charge in [0.05, 0.1) is 17.9 Å². The van der Waals surface area contributed by atoms with Crippen molar-refractivity contribution < 1.29 is 13.2 Å². The number of benzene rings is 2. The molecular weight excluding hydrogens is 322 g/mol. The first-order chi connectivity index (χ1) is 11.5. The largest absolute Gasteiger partial charge is 0.338 e. The number of fused-ring (bicyclic) bond motifs is 1. The number of rotatable bonds is 5. The number of carbonyl (C=O) groups is 1. The highest BCUT2D eigenvalue weighted by Gasteiger charge is 2.34. The molecule has 1 saturated heterocycles. The second kappa shape index (κ2) is 6.93. The van der Waals surface area contributed by atoms with Gasteiger partial charge in [0.2, 0.25) is 5.91 Å². The first-order valence-electron chi connectivity index (χ1n) is 8.46. The van der Waals surface area contributed by atoms with Crippen LogP contribution in [0.1, 0.15) is 25.3 Å². The number of carbonyl (C=O) groups excluding carboxylic acids is 1. The Morgan fingerprint density at radius 1 is 1.17 bits per heavy atom. The van der Waals surface area contributed by atoms with Crippen LogP contribution in [-0.4, -0.2) is 43.3 Å². The predicted octanol–water partition coefficient (Wildman–Crippen LogP) is 2.81. The van der Waals surface area contributed by atoms with E-state index in [1.54, 1.807) is 4.90 Å². The zero-order valence-electron chi connectivity index (χ0n) is 13.9. The van der Waals surface area contributed by atoms with Gasteiger partial charge in [0.25, 0.3) is 0 Å². The van der Waals surface area contributed by atoms with Crippen LogP contribution in [0.5, 0.6) is 0 Å². The molecule has 1 amide bonds. The molecule has 24 heavy (non-hydrogen) atoms. The molecule has 0 radical (unpaired) electrons. The highest BCUT2D eigenvalue weighted by atomic mass is 32.2. The van der Waals surface area contributed by atoms with Gasteiger partial charge in [-0.15, -0.1) is 0 Å². The molecule has 0 N–H and O–H groups in total. The SMILES string of the molecule is CCCN(C(=O)Cc1ccc2ccccc2c1)[C@@H]1CCS(=O)(=O)C1. The summed E-state index contributed by atoms with van der Waals surface area (Å²) in [6, 6.07) is 14.0. The minimum absolute atomic E-state index is 0.0224. The van der Waals surface area contributed by atoms with Crippen LogP contribution in [-0.2, 0) is 21.1 Å². The van der Waals surface area contributed by atoms with Gasteiger partial charge in [-0.3, -0.25) is 4.79 Å². The molecule has 1 aliphatic heterocycles. The fraction of sp³-hybridized carbons (Fsp3) is 0.421. The fourth-order valence-corrected chi connectivity index (χ4v) is 5.13. The second-order valence-electron chi connectivity index (χ2n) is 6.50. The molecule has 0 aromatic heterocycles. The lowest BCUT2D eigenvalue weighted by Gasteiger charge is -2.28. The Morgan fingerprint density at radius 2 is 1.92 bits per heavy atom. The smallest absolute Gasteiger partial charge is 0.227 e. The van der Waals surface area contributed by atoms with Crippen LogP contribution >= 0.6 is 0 Å². The lowest BCUT2D eigenvalue weighted by molar-refractivity contribution is -0.132. The van der Waals surface area contributed by atoms with Gasteiger partial charge in [-0.25, -0.2) is 8.42 Å². The molecule has 1 fully saturated rings. The van der Waals surface area contributed by atoms with Gasteiger partial charge in [-0.1, -0.05) is 49.4 Å². The van der Waals surface area contributed by atoms with Crippen molar-refractivity contribution in [2.45, 2.75) is 32.2 Å². The Morgan fingerprint density at radius 3 is 2.58 bits per heavy atom. The summed E-state index contributed by atoms with van der Waals surface area (Å²) < 4.78 is 23.5. The standard InChI is InChI=1S/C19H23NO3S/c1-2-10-20(18-9-11-24(22,23)14-18)19(21)13-15-7-8-16-5-3-4-6-17(16)12-15/h3-8,12,18H,2,9-11,13-14H2,1H3/t18-/m1/s1. The van der Waals surface area contributed by atoms with E-state index in [1.165, 1.54) is 0 Å². The molecule has 0 saturated carbocycles. The summed E-state index contributed by atoms with van der Waals surface area (Å²) in [4.78, 5) is 14.5. The molecule has 0 bridgehead atoms. The average molecular weight is 345 g/mol. The third kappa shape index (κ3) is 3.78. The summed E-state index contributed by atoms with van der Waals surface area (Å²) in [5, 5.41) is 2.27. The summed E-state index contributed by atoms with van der Waals surface area (Å²) in [5.74, 6) is 0.326. The molecule has 4 nitrogen and oxygen atoms in total. The molecule has 0 spiro atoms. The first kappa shape index (κ1) is 17.0. The van der Waals surface area contributed by atoms with Gasteiger partial charge in [-0.2, -0.15) is 0 Å². The lowest BCUT2D eigenvalue weighted by atomic mass is 10.0. The van der Waals surface area contributed by atoms with Crippen LogP contribution < -0.4 is 0 Å². The highest BCUT2D eigenvalue weighted by molar-refractivity contribution is 7.91. The van der Waals surface area contributed by atoms with E-state index in [2.05, 4.69) is 0 Å². The second-order valence-corrected chi connectivity index (χ2v) is 8.73. The Balaban J connectivity index is 1.77. The quantitative estimate of drug-likeness (QED) is 0.837. The van der Waals surface area contributed by atoms with E-state index in [4.69, 9.17) is 0 Å². The molecule has 1 aliphatic rings. The molecule has 0 aliphatic carbocycles. The van der Waals surface area contributed by atoms with Crippen molar-refractivity contribution in [3.8, 4) is 0 Å². The maximum absolute atomic E-state index is 12.8. The monoisotopic (exact) mass is 345 g/mol. The Labute approximate surface area is 143 Å². The van der Waals surface area contributed by atoms with E-state index >= 15 is 0 Å². The molecule has 2 aromatic carbocycles. The van der Waals surface area contributed by atoms with Crippen LogP contribution in [0.2, 0.25) is 0 Å². The number of amides is 1. The molecule has 3 rings (SSSR count). The summed E-state index contributed by atoms with van der Waals surface area (Å²) in [7, 11) is -2.99. The number of hydrogen-bond donors (Lipinski definition) is 0. The van der Waals surface area contributed by atoms with Crippen molar-refractivity contribution in [1.82, 2.24) is 4.90 Å². The van der Waals surface area contributed by atoms with Crippen LogP contribution in [0.4, 0.5) is 0 Å². The Bertz CT molecular complexity index is 845. The molecule has 5 heteroatoms. The summed E-state index contributed by atoms with van der Waals surface area (Å²) >= 11 is 0.